The molecule has 3 heteroatoms. The maximum Gasteiger partial charge on any atom is 0.189 e. The van der Waals surface area contributed by atoms with E-state index in [1.165, 1.54) is 0 Å². The van der Waals surface area contributed by atoms with Gasteiger partial charge in [0.25, 0.3) is 0 Å². The Morgan fingerprint density at radius 3 is 2.29 bits per heavy atom. The molecule has 0 radical (unpaired) electrons. The third-order valence-corrected chi connectivity index (χ3v) is 0.483. The first-order valence-corrected chi connectivity index (χ1v) is 1.77. The highest BCUT2D eigenvalue weighted by Gasteiger charge is 1.95. The maximum atomic E-state index is 11.6. The van der Waals surface area contributed by atoms with Crippen LogP contribution in [0, 0.1) is 0 Å². The smallest absolute Gasteiger partial charge is 0.189 e. The van der Waals surface area contributed by atoms with Gasteiger partial charge in [-0.3, -0.25) is 4.79 Å². The Balaban J connectivity index is 3.82. The molecule has 0 atom stereocenters. The van der Waals surface area contributed by atoms with Gasteiger partial charge in [-0.2, -0.15) is 0 Å². The summed E-state index contributed by atoms with van der Waals surface area (Å²) in [6.45, 7) is 1.11. The molecule has 0 bridgehead atoms. The zero-order chi connectivity index (χ0) is 5.86. The van der Waals surface area contributed by atoms with Crippen LogP contribution in [0.2, 0.25) is 0 Å². The van der Waals surface area contributed by atoms with Gasteiger partial charge in [-0.05, 0) is 0 Å². The second-order valence-corrected chi connectivity index (χ2v) is 1.07. The number of hydrogen-bond donors (Lipinski definition) is 1. The van der Waals surface area contributed by atoms with E-state index in [2.05, 4.69) is 5.73 Å². The fourth-order valence-electron chi connectivity index (χ4n) is 0.117. The molecular weight excluding hydrogens is 97.0 g/mol. The van der Waals surface area contributed by atoms with Crippen LogP contribution in [-0.4, -0.2) is 5.78 Å². The Bertz CT molecular complexity index is 108. The van der Waals surface area contributed by atoms with E-state index in [4.69, 9.17) is 0 Å². The van der Waals surface area contributed by atoms with Gasteiger partial charge >= 0.3 is 0 Å². The molecule has 0 spiro atoms. The van der Waals surface area contributed by atoms with Crippen molar-refractivity contribution in [1.29, 1.82) is 0 Å². The van der Waals surface area contributed by atoms with Crippen LogP contribution in [0.15, 0.2) is 12.0 Å². The minimum absolute atomic E-state index is 0.637. The van der Waals surface area contributed by atoms with Crippen LogP contribution >= 0.6 is 0 Å². The number of ketones is 1. The molecule has 0 saturated heterocycles. The lowest BCUT2D eigenvalue weighted by Gasteiger charge is -1.80. The zero-order valence-electron chi connectivity index (χ0n) is 3.94. The highest BCUT2D eigenvalue weighted by Crippen LogP contribution is 1.91. The van der Waals surface area contributed by atoms with Crippen LogP contribution in [-0.2, 0) is 4.79 Å². The number of Topliss-reactive ketones (excluding diaryl/α,β-unsaturated/α-hetero) is 1. The van der Waals surface area contributed by atoms with Gasteiger partial charge in [-0.1, -0.05) is 0 Å². The molecule has 40 valence electrons. The summed E-state index contributed by atoms with van der Waals surface area (Å²) in [5.41, 5.74) is 4.62. The van der Waals surface area contributed by atoms with E-state index in [0.29, 0.717) is 6.20 Å². The Morgan fingerprint density at radius 2 is 2.29 bits per heavy atom. The number of carbonyl (C=O) groups excluding carboxylic acids is 1. The summed E-state index contributed by atoms with van der Waals surface area (Å²) in [6.07, 6.45) is 0.641. The van der Waals surface area contributed by atoms with Crippen LogP contribution in [0.3, 0.4) is 0 Å². The molecule has 0 heterocycles. The first kappa shape index (κ1) is 6.14. The summed E-state index contributed by atoms with van der Waals surface area (Å²) in [5, 5.41) is 0. The van der Waals surface area contributed by atoms with Gasteiger partial charge in [0.1, 0.15) is 0 Å². The normalized spacial score (nSPS) is 11.4. The number of rotatable bonds is 1. The Hall–Kier alpha value is -0.860. The average Bonchev–Trinajstić information content (AvgIpc) is 1.65. The van der Waals surface area contributed by atoms with Gasteiger partial charge in [0.2, 0.25) is 0 Å². The lowest BCUT2D eigenvalue weighted by Crippen LogP contribution is -1.92. The number of nitrogens with two attached hydrogens (primary N) is 1. The summed E-state index contributed by atoms with van der Waals surface area (Å²) < 4.78 is 11.6. The standard InChI is InChI=1S/C4H6FNO/c1-3(7)4(5)2-6/h2H,6H2,1H3. The summed E-state index contributed by atoms with van der Waals surface area (Å²) >= 11 is 0. The molecule has 0 aromatic heterocycles. The van der Waals surface area contributed by atoms with Gasteiger partial charge in [0, 0.05) is 13.1 Å². The molecule has 2 nitrogen and oxygen atoms in total. The fraction of sp³-hybridized carbons (Fsp3) is 0.250. The lowest BCUT2D eigenvalue weighted by molar-refractivity contribution is -0.114. The van der Waals surface area contributed by atoms with Crippen molar-refractivity contribution in [1.82, 2.24) is 0 Å². The van der Waals surface area contributed by atoms with Crippen molar-refractivity contribution in [2.24, 2.45) is 5.73 Å². The van der Waals surface area contributed by atoms with Crippen LogP contribution in [0.1, 0.15) is 6.92 Å². The Labute approximate surface area is 40.8 Å². The van der Waals surface area contributed by atoms with Crippen molar-refractivity contribution in [2.75, 3.05) is 0 Å². The predicted molar refractivity (Wildman–Crippen MR) is 24.1 cm³/mol. The van der Waals surface area contributed by atoms with Gasteiger partial charge in [-0.25, -0.2) is 4.39 Å². The molecule has 2 N–H and O–H groups in total. The molecule has 0 aromatic rings. The van der Waals surface area contributed by atoms with E-state index >= 15 is 0 Å². The lowest BCUT2D eigenvalue weighted by atomic mass is 10.4. The molecule has 0 unspecified atom stereocenters. The van der Waals surface area contributed by atoms with Crippen LogP contribution in [0.4, 0.5) is 4.39 Å². The van der Waals surface area contributed by atoms with E-state index < -0.39 is 11.6 Å². The zero-order valence-corrected chi connectivity index (χ0v) is 3.94. The number of halogens is 1. The van der Waals surface area contributed by atoms with Gasteiger partial charge in [0.05, 0.1) is 0 Å². The number of allylic oxidation sites excluding steroid dienone is 1. The first-order chi connectivity index (χ1) is 3.18. The Morgan fingerprint density at radius 1 is 1.86 bits per heavy atom. The minimum atomic E-state index is -0.889. The van der Waals surface area contributed by atoms with Crippen LogP contribution in [0.5, 0.6) is 0 Å². The van der Waals surface area contributed by atoms with Crippen LogP contribution in [0.25, 0.3) is 0 Å². The van der Waals surface area contributed by atoms with Crippen molar-refractivity contribution < 1.29 is 9.18 Å². The van der Waals surface area contributed by atoms with E-state index in [-0.39, 0.29) is 0 Å². The molecular formula is C4H6FNO. The van der Waals surface area contributed by atoms with Crippen molar-refractivity contribution >= 4 is 5.78 Å². The molecule has 0 aliphatic carbocycles. The van der Waals surface area contributed by atoms with E-state index in [1.807, 2.05) is 0 Å². The molecule has 0 aromatic carbocycles. The van der Waals surface area contributed by atoms with E-state index in [1.54, 1.807) is 0 Å². The van der Waals surface area contributed by atoms with Gasteiger partial charge < -0.3 is 5.73 Å². The summed E-state index contributed by atoms with van der Waals surface area (Å²) in [5.74, 6) is -1.53. The summed E-state index contributed by atoms with van der Waals surface area (Å²) in [4.78, 5) is 9.85. The van der Waals surface area contributed by atoms with Crippen LogP contribution < -0.4 is 5.73 Å². The predicted octanol–water partition coefficient (Wildman–Crippen LogP) is 0.345. The third kappa shape index (κ3) is 1.92. The SMILES string of the molecule is CC(=O)C(F)=CN. The fourth-order valence-corrected chi connectivity index (χ4v) is 0.117. The topological polar surface area (TPSA) is 43.1 Å². The van der Waals surface area contributed by atoms with Gasteiger partial charge in [0.15, 0.2) is 11.6 Å². The molecule has 0 aliphatic rings. The van der Waals surface area contributed by atoms with Crippen molar-refractivity contribution in [3.05, 3.63) is 12.0 Å². The number of carbonyl (C=O) groups is 1. The highest BCUT2D eigenvalue weighted by atomic mass is 19.1. The molecule has 0 amide bonds. The summed E-state index contributed by atoms with van der Waals surface area (Å²) in [6, 6.07) is 0. The van der Waals surface area contributed by atoms with Crippen molar-refractivity contribution in [3.63, 3.8) is 0 Å². The Kier molecular flexibility index (Phi) is 2.05. The van der Waals surface area contributed by atoms with E-state index in [0.717, 1.165) is 6.92 Å². The van der Waals surface area contributed by atoms with Crippen molar-refractivity contribution in [3.8, 4) is 0 Å². The highest BCUT2D eigenvalue weighted by molar-refractivity contribution is 5.90. The molecule has 7 heavy (non-hydrogen) atoms. The largest absolute Gasteiger partial charge is 0.402 e. The number of hydrogen-bond acceptors (Lipinski definition) is 2. The van der Waals surface area contributed by atoms with Gasteiger partial charge in [-0.15, -0.1) is 0 Å². The monoisotopic (exact) mass is 103 g/mol. The maximum absolute atomic E-state index is 11.6. The molecule has 0 aliphatic heterocycles. The molecule has 0 saturated carbocycles. The third-order valence-electron chi connectivity index (χ3n) is 0.483. The molecule has 0 rings (SSSR count). The second-order valence-electron chi connectivity index (χ2n) is 1.07. The summed E-state index contributed by atoms with van der Waals surface area (Å²) in [7, 11) is 0. The minimum Gasteiger partial charge on any atom is -0.402 e. The quantitative estimate of drug-likeness (QED) is 0.486. The van der Waals surface area contributed by atoms with Crippen molar-refractivity contribution in [2.45, 2.75) is 6.92 Å². The molecule has 0 fully saturated rings. The second kappa shape index (κ2) is 2.34. The van der Waals surface area contributed by atoms with E-state index in [9.17, 15) is 9.18 Å². The average molecular weight is 103 g/mol. The first-order valence-electron chi connectivity index (χ1n) is 1.77.